The van der Waals surface area contributed by atoms with E-state index in [1.54, 1.807) is 6.20 Å². The van der Waals surface area contributed by atoms with E-state index in [9.17, 15) is 9.59 Å². The highest BCUT2D eigenvalue weighted by atomic mass is 16.5. The Hall–Kier alpha value is -2.34. The Labute approximate surface area is 190 Å². The standard InChI is InChI=1S/C26H35N3O3/c1-16-12-28(13-17(2)32-16)24(31)21-11-27-22-7-6-18(8-20(21)22)23(30)29-15-26(5)10-19(29)9-25(3,4)14-26/h6-8,11,16-17,19,27H,9-10,12-15H2,1-5H3/t16-,17+,19?,26?. The van der Waals surface area contributed by atoms with Gasteiger partial charge in [-0.25, -0.2) is 0 Å². The quantitative estimate of drug-likeness (QED) is 0.754. The van der Waals surface area contributed by atoms with Crippen LogP contribution < -0.4 is 0 Å². The Balaban J connectivity index is 1.43. The summed E-state index contributed by atoms with van der Waals surface area (Å²) in [5.74, 6) is 0.0840. The maximum atomic E-state index is 13.6. The number of hydrogen-bond donors (Lipinski definition) is 1. The van der Waals surface area contributed by atoms with Crippen LogP contribution in [0, 0.1) is 10.8 Å². The summed E-state index contributed by atoms with van der Waals surface area (Å²) in [7, 11) is 0. The van der Waals surface area contributed by atoms with Crippen LogP contribution in [0.4, 0.5) is 0 Å². The number of fused-ring (bicyclic) bond motifs is 3. The van der Waals surface area contributed by atoms with Crippen molar-refractivity contribution < 1.29 is 14.3 Å². The van der Waals surface area contributed by atoms with Crippen LogP contribution in [0.1, 0.15) is 74.6 Å². The number of aromatic amines is 1. The Bertz CT molecular complexity index is 1060. The minimum Gasteiger partial charge on any atom is -0.372 e. The van der Waals surface area contributed by atoms with Crippen LogP contribution in [0.25, 0.3) is 10.9 Å². The van der Waals surface area contributed by atoms with Gasteiger partial charge in [0.2, 0.25) is 0 Å². The van der Waals surface area contributed by atoms with Gasteiger partial charge in [0.25, 0.3) is 11.8 Å². The van der Waals surface area contributed by atoms with Gasteiger partial charge in [0.15, 0.2) is 0 Å². The largest absolute Gasteiger partial charge is 0.372 e. The maximum Gasteiger partial charge on any atom is 0.256 e. The first kappa shape index (κ1) is 21.5. The molecule has 3 heterocycles. The number of likely N-dealkylation sites (tertiary alicyclic amines) is 1. The van der Waals surface area contributed by atoms with Gasteiger partial charge in [0, 0.05) is 48.3 Å². The fourth-order valence-corrected chi connectivity index (χ4v) is 6.81. The molecule has 172 valence electrons. The van der Waals surface area contributed by atoms with E-state index in [-0.39, 0.29) is 34.9 Å². The molecule has 2 amide bonds. The summed E-state index contributed by atoms with van der Waals surface area (Å²) in [6.45, 7) is 12.9. The second-order valence-corrected chi connectivity index (χ2v) is 11.6. The van der Waals surface area contributed by atoms with Crippen LogP contribution in [0.15, 0.2) is 24.4 Å². The van der Waals surface area contributed by atoms with Gasteiger partial charge < -0.3 is 19.5 Å². The third kappa shape index (κ3) is 3.72. The molecule has 1 aromatic carbocycles. The van der Waals surface area contributed by atoms with Crippen molar-refractivity contribution in [3.05, 3.63) is 35.5 Å². The molecular formula is C26H35N3O3. The third-order valence-corrected chi connectivity index (χ3v) is 7.54. The molecule has 2 unspecified atom stereocenters. The molecule has 2 saturated heterocycles. The molecular weight excluding hydrogens is 402 g/mol. The highest BCUT2D eigenvalue weighted by Crippen LogP contribution is 2.52. The molecule has 3 fully saturated rings. The number of H-pyrrole nitrogens is 1. The summed E-state index contributed by atoms with van der Waals surface area (Å²) in [6, 6.07) is 6.03. The molecule has 4 atom stereocenters. The second kappa shape index (κ2) is 7.34. The second-order valence-electron chi connectivity index (χ2n) is 11.6. The van der Waals surface area contributed by atoms with Crippen molar-refractivity contribution >= 4 is 22.7 Å². The lowest BCUT2D eigenvalue weighted by Gasteiger charge is -2.39. The molecule has 32 heavy (non-hydrogen) atoms. The zero-order chi connectivity index (χ0) is 22.8. The van der Waals surface area contributed by atoms with Crippen molar-refractivity contribution in [3.8, 4) is 0 Å². The van der Waals surface area contributed by atoms with Crippen molar-refractivity contribution in [2.24, 2.45) is 10.8 Å². The smallest absolute Gasteiger partial charge is 0.256 e. The number of benzene rings is 1. The van der Waals surface area contributed by atoms with E-state index in [1.165, 1.54) is 0 Å². The zero-order valence-electron chi connectivity index (χ0n) is 19.9. The molecule has 1 aliphatic carbocycles. The van der Waals surface area contributed by atoms with Crippen LogP contribution in [-0.4, -0.2) is 64.5 Å². The van der Waals surface area contributed by atoms with E-state index in [1.807, 2.05) is 36.9 Å². The number of rotatable bonds is 2. The average molecular weight is 438 g/mol. The summed E-state index contributed by atoms with van der Waals surface area (Å²) in [6.07, 6.45) is 5.11. The van der Waals surface area contributed by atoms with Gasteiger partial charge in [-0.15, -0.1) is 0 Å². The minimum atomic E-state index is -0.00543. The van der Waals surface area contributed by atoms with E-state index in [0.29, 0.717) is 30.3 Å². The maximum absolute atomic E-state index is 13.6. The number of carbonyl (C=O) groups is 2. The number of carbonyl (C=O) groups excluding carboxylic acids is 2. The van der Waals surface area contributed by atoms with Crippen molar-refractivity contribution in [1.82, 2.24) is 14.8 Å². The Kier molecular flexibility index (Phi) is 4.93. The first-order valence-electron chi connectivity index (χ1n) is 11.9. The minimum absolute atomic E-state index is 0.00543. The molecule has 0 spiro atoms. The van der Waals surface area contributed by atoms with Gasteiger partial charge in [0.1, 0.15) is 0 Å². The van der Waals surface area contributed by atoms with E-state index in [4.69, 9.17) is 4.74 Å². The first-order chi connectivity index (χ1) is 15.0. The molecule has 6 nitrogen and oxygen atoms in total. The van der Waals surface area contributed by atoms with Crippen molar-refractivity contribution in [2.75, 3.05) is 19.6 Å². The van der Waals surface area contributed by atoms with Crippen LogP contribution in [0.3, 0.4) is 0 Å². The van der Waals surface area contributed by atoms with Gasteiger partial charge in [-0.3, -0.25) is 9.59 Å². The van der Waals surface area contributed by atoms with Crippen molar-refractivity contribution in [2.45, 2.75) is 72.1 Å². The summed E-state index contributed by atoms with van der Waals surface area (Å²) >= 11 is 0. The van der Waals surface area contributed by atoms with Gasteiger partial charge in [-0.05, 0) is 62.1 Å². The molecule has 1 saturated carbocycles. The summed E-state index contributed by atoms with van der Waals surface area (Å²) in [5.41, 5.74) is 2.65. The summed E-state index contributed by atoms with van der Waals surface area (Å²) in [4.78, 5) is 34.1. The average Bonchev–Trinajstić information content (AvgIpc) is 3.22. The zero-order valence-corrected chi connectivity index (χ0v) is 19.9. The fourth-order valence-electron chi connectivity index (χ4n) is 6.81. The molecule has 3 aliphatic rings. The van der Waals surface area contributed by atoms with Gasteiger partial charge >= 0.3 is 0 Å². The van der Waals surface area contributed by atoms with E-state index in [2.05, 4.69) is 30.7 Å². The fraction of sp³-hybridized carbons (Fsp3) is 0.615. The molecule has 2 aromatic rings. The normalized spacial score (nSPS) is 31.8. The van der Waals surface area contributed by atoms with Gasteiger partial charge in [0.05, 0.1) is 17.8 Å². The molecule has 0 radical (unpaired) electrons. The van der Waals surface area contributed by atoms with Crippen LogP contribution in [0.5, 0.6) is 0 Å². The van der Waals surface area contributed by atoms with Crippen molar-refractivity contribution in [1.29, 1.82) is 0 Å². The lowest BCUT2D eigenvalue weighted by molar-refractivity contribution is -0.0585. The molecule has 5 rings (SSSR count). The number of nitrogens with zero attached hydrogens (tertiary/aromatic N) is 2. The van der Waals surface area contributed by atoms with Crippen molar-refractivity contribution in [3.63, 3.8) is 0 Å². The van der Waals surface area contributed by atoms with Gasteiger partial charge in [-0.2, -0.15) is 0 Å². The Morgan fingerprint density at radius 1 is 1.06 bits per heavy atom. The SMILES string of the molecule is C[C@@H]1CN(C(=O)c2c[nH]c3ccc(C(=O)N4CC5(C)CC4CC(C)(C)C5)cc23)C[C@H](C)O1. The molecule has 1 N–H and O–H groups in total. The lowest BCUT2D eigenvalue weighted by atomic mass is 9.65. The number of hydrogen-bond acceptors (Lipinski definition) is 3. The predicted molar refractivity (Wildman–Crippen MR) is 125 cm³/mol. The third-order valence-electron chi connectivity index (χ3n) is 7.54. The molecule has 6 heteroatoms. The van der Waals surface area contributed by atoms with E-state index in [0.717, 1.165) is 36.7 Å². The lowest BCUT2D eigenvalue weighted by Crippen LogP contribution is -2.48. The highest BCUT2D eigenvalue weighted by molar-refractivity contribution is 6.09. The van der Waals surface area contributed by atoms with E-state index < -0.39 is 0 Å². The number of ether oxygens (including phenoxy) is 1. The number of nitrogens with one attached hydrogen (secondary N) is 1. The van der Waals surface area contributed by atoms with Crippen LogP contribution >= 0.6 is 0 Å². The molecule has 2 aliphatic heterocycles. The topological polar surface area (TPSA) is 65.6 Å². The molecule has 1 aromatic heterocycles. The van der Waals surface area contributed by atoms with Crippen LogP contribution in [0.2, 0.25) is 0 Å². The Morgan fingerprint density at radius 2 is 1.78 bits per heavy atom. The number of amides is 2. The first-order valence-corrected chi connectivity index (χ1v) is 11.9. The highest BCUT2D eigenvalue weighted by Gasteiger charge is 2.51. The number of aromatic nitrogens is 1. The number of morpholine rings is 1. The summed E-state index contributed by atoms with van der Waals surface area (Å²) in [5, 5.41) is 0.821. The predicted octanol–water partition coefficient (Wildman–Crippen LogP) is 4.46. The Morgan fingerprint density at radius 3 is 2.50 bits per heavy atom. The monoisotopic (exact) mass is 437 g/mol. The summed E-state index contributed by atoms with van der Waals surface area (Å²) < 4.78 is 5.78. The van der Waals surface area contributed by atoms with E-state index >= 15 is 0 Å². The van der Waals surface area contributed by atoms with Crippen LogP contribution in [-0.2, 0) is 4.74 Å². The molecule has 2 bridgehead atoms. The van der Waals surface area contributed by atoms with Gasteiger partial charge in [-0.1, -0.05) is 20.8 Å².